The van der Waals surface area contributed by atoms with E-state index in [0.29, 0.717) is 5.02 Å². The summed E-state index contributed by atoms with van der Waals surface area (Å²) in [5.41, 5.74) is 3.03. The number of aryl methyl sites for hydroxylation is 2. The number of anilines is 1. The number of aromatic nitrogens is 2. The van der Waals surface area contributed by atoms with Crippen LogP contribution in [0.25, 0.3) is 0 Å². The van der Waals surface area contributed by atoms with Crippen LogP contribution in [0.5, 0.6) is 0 Å². The molecule has 1 N–H and O–H groups in total. The fraction of sp³-hybridized carbons (Fsp3) is 0.308. The lowest BCUT2D eigenvalue weighted by atomic mass is 10.2. The van der Waals surface area contributed by atoms with E-state index >= 15 is 0 Å². The van der Waals surface area contributed by atoms with Crippen LogP contribution in [0.3, 0.4) is 0 Å². The second kappa shape index (κ2) is 5.63. The molecule has 1 aromatic heterocycles. The van der Waals surface area contributed by atoms with E-state index in [1.165, 1.54) is 5.69 Å². The first kappa shape index (κ1) is 13.2. The Kier molecular flexibility index (Phi) is 4.15. The molecule has 18 heavy (non-hydrogen) atoms. The summed E-state index contributed by atoms with van der Waals surface area (Å²) >= 11 is 12.2. The third-order valence-electron chi connectivity index (χ3n) is 2.87. The number of hydrogen-bond acceptors (Lipinski definition) is 2. The molecule has 0 aliphatic carbocycles. The van der Waals surface area contributed by atoms with Gasteiger partial charge in [0.2, 0.25) is 0 Å². The molecule has 0 atom stereocenters. The van der Waals surface area contributed by atoms with Crippen LogP contribution in [0, 0.1) is 6.92 Å². The van der Waals surface area contributed by atoms with Gasteiger partial charge in [0, 0.05) is 36.9 Å². The van der Waals surface area contributed by atoms with Crippen molar-refractivity contribution in [1.82, 2.24) is 9.78 Å². The van der Waals surface area contributed by atoms with Gasteiger partial charge in [-0.15, -0.1) is 0 Å². The first-order chi connectivity index (χ1) is 8.58. The summed E-state index contributed by atoms with van der Waals surface area (Å²) in [6, 6.07) is 5.74. The highest BCUT2D eigenvalue weighted by molar-refractivity contribution is 6.35. The average Bonchev–Trinajstić information content (AvgIpc) is 2.72. The minimum atomic E-state index is 0.696. The highest BCUT2D eigenvalue weighted by atomic mass is 35.5. The molecule has 2 rings (SSSR count). The molecule has 0 saturated heterocycles. The largest absolute Gasteiger partial charge is 0.383 e. The first-order valence-electron chi connectivity index (χ1n) is 5.74. The van der Waals surface area contributed by atoms with Crippen LogP contribution in [0.15, 0.2) is 24.4 Å². The first-order valence-corrected chi connectivity index (χ1v) is 6.50. The van der Waals surface area contributed by atoms with Gasteiger partial charge in [0.25, 0.3) is 0 Å². The summed E-state index contributed by atoms with van der Waals surface area (Å²) in [6.07, 6.45) is 2.68. The highest BCUT2D eigenvalue weighted by Crippen LogP contribution is 2.28. The summed E-state index contributed by atoms with van der Waals surface area (Å²) < 4.78 is 1.87. The van der Waals surface area contributed by atoms with E-state index in [1.54, 1.807) is 6.20 Å². The van der Waals surface area contributed by atoms with E-state index in [-0.39, 0.29) is 0 Å². The van der Waals surface area contributed by atoms with Crippen LogP contribution in [-0.4, -0.2) is 16.3 Å². The van der Waals surface area contributed by atoms with Crippen molar-refractivity contribution in [3.05, 3.63) is 45.7 Å². The van der Waals surface area contributed by atoms with Crippen LogP contribution in [0.2, 0.25) is 10.0 Å². The Morgan fingerprint density at radius 2 is 2.06 bits per heavy atom. The van der Waals surface area contributed by atoms with Gasteiger partial charge in [0.1, 0.15) is 0 Å². The van der Waals surface area contributed by atoms with Gasteiger partial charge in [-0.25, -0.2) is 0 Å². The number of nitrogens with zero attached hydrogens (tertiary/aromatic N) is 2. The predicted octanol–water partition coefficient (Wildman–Crippen LogP) is 3.69. The molecule has 5 heteroatoms. The van der Waals surface area contributed by atoms with Crippen LogP contribution in [0.4, 0.5) is 5.69 Å². The molecule has 0 amide bonds. The molecule has 0 radical (unpaired) electrons. The third-order valence-corrected chi connectivity index (χ3v) is 3.59. The van der Waals surface area contributed by atoms with Crippen molar-refractivity contribution in [1.29, 1.82) is 0 Å². The standard InChI is InChI=1S/C13H15Cl2N3/c1-9-7-12(15)13(8-11(9)14)16-5-3-10-4-6-17-18(10)2/h4,6-8,16H,3,5H2,1-2H3. The van der Waals surface area contributed by atoms with Gasteiger partial charge in [-0.05, 0) is 30.7 Å². The minimum absolute atomic E-state index is 0.696. The van der Waals surface area contributed by atoms with Crippen molar-refractivity contribution < 1.29 is 0 Å². The third kappa shape index (κ3) is 2.98. The zero-order valence-electron chi connectivity index (χ0n) is 10.4. The summed E-state index contributed by atoms with van der Waals surface area (Å²) in [7, 11) is 1.94. The monoisotopic (exact) mass is 283 g/mol. The van der Waals surface area contributed by atoms with Gasteiger partial charge in [-0.1, -0.05) is 23.2 Å². The van der Waals surface area contributed by atoms with Crippen molar-refractivity contribution in [3.63, 3.8) is 0 Å². The topological polar surface area (TPSA) is 29.9 Å². The summed E-state index contributed by atoms with van der Waals surface area (Å²) in [5, 5.41) is 8.84. The van der Waals surface area contributed by atoms with Crippen molar-refractivity contribution in [2.75, 3.05) is 11.9 Å². The highest BCUT2D eigenvalue weighted by Gasteiger charge is 2.05. The van der Waals surface area contributed by atoms with Gasteiger partial charge in [-0.2, -0.15) is 5.10 Å². The second-order valence-electron chi connectivity index (χ2n) is 4.20. The number of nitrogens with one attached hydrogen (secondary N) is 1. The van der Waals surface area contributed by atoms with Gasteiger partial charge in [-0.3, -0.25) is 4.68 Å². The Morgan fingerprint density at radius 1 is 1.28 bits per heavy atom. The fourth-order valence-corrected chi connectivity index (χ4v) is 2.20. The smallest absolute Gasteiger partial charge is 0.0641 e. The van der Waals surface area contributed by atoms with Gasteiger partial charge in [0.05, 0.1) is 10.7 Å². The van der Waals surface area contributed by atoms with Crippen molar-refractivity contribution in [2.45, 2.75) is 13.3 Å². The molecule has 3 nitrogen and oxygen atoms in total. The SMILES string of the molecule is Cc1cc(Cl)c(NCCc2ccnn2C)cc1Cl. The predicted molar refractivity (Wildman–Crippen MR) is 76.6 cm³/mol. The second-order valence-corrected chi connectivity index (χ2v) is 5.02. The summed E-state index contributed by atoms with van der Waals surface area (Å²) in [4.78, 5) is 0. The van der Waals surface area contributed by atoms with Crippen LogP contribution >= 0.6 is 23.2 Å². The lowest BCUT2D eigenvalue weighted by Crippen LogP contribution is -2.08. The maximum absolute atomic E-state index is 6.15. The van der Waals surface area contributed by atoms with Crippen molar-refractivity contribution in [2.24, 2.45) is 7.05 Å². The van der Waals surface area contributed by atoms with E-state index in [2.05, 4.69) is 10.4 Å². The molecule has 0 fully saturated rings. The Bertz CT molecular complexity index is 549. The van der Waals surface area contributed by atoms with Crippen molar-refractivity contribution >= 4 is 28.9 Å². The maximum atomic E-state index is 6.15. The van der Waals surface area contributed by atoms with E-state index in [4.69, 9.17) is 23.2 Å². The molecule has 1 aromatic carbocycles. The average molecular weight is 284 g/mol. The summed E-state index contributed by atoms with van der Waals surface area (Å²) in [5.74, 6) is 0. The van der Waals surface area contributed by atoms with Crippen LogP contribution in [-0.2, 0) is 13.5 Å². The van der Waals surface area contributed by atoms with Gasteiger partial charge >= 0.3 is 0 Å². The Hall–Kier alpha value is -1.19. The molecule has 0 aliphatic rings. The molecule has 0 spiro atoms. The Balaban J connectivity index is 1.99. The fourth-order valence-electron chi connectivity index (χ4n) is 1.75. The van der Waals surface area contributed by atoms with Crippen LogP contribution in [0.1, 0.15) is 11.3 Å². The van der Waals surface area contributed by atoms with E-state index in [1.807, 2.05) is 36.9 Å². The van der Waals surface area contributed by atoms with E-state index in [9.17, 15) is 0 Å². The number of hydrogen-bond donors (Lipinski definition) is 1. The molecule has 0 bridgehead atoms. The lowest BCUT2D eigenvalue weighted by Gasteiger charge is -2.10. The van der Waals surface area contributed by atoms with Crippen molar-refractivity contribution in [3.8, 4) is 0 Å². The maximum Gasteiger partial charge on any atom is 0.0641 e. The molecular weight excluding hydrogens is 269 g/mol. The molecule has 0 saturated carbocycles. The zero-order chi connectivity index (χ0) is 13.1. The van der Waals surface area contributed by atoms with E-state index in [0.717, 1.165) is 29.2 Å². The Labute approximate surface area is 117 Å². The molecule has 0 unspecified atom stereocenters. The number of rotatable bonds is 4. The van der Waals surface area contributed by atoms with Gasteiger partial charge < -0.3 is 5.32 Å². The zero-order valence-corrected chi connectivity index (χ0v) is 11.9. The quantitative estimate of drug-likeness (QED) is 0.928. The summed E-state index contributed by atoms with van der Waals surface area (Å²) in [6.45, 7) is 2.73. The normalized spacial score (nSPS) is 10.7. The Morgan fingerprint density at radius 3 is 2.72 bits per heavy atom. The molecule has 1 heterocycles. The van der Waals surface area contributed by atoms with Crippen LogP contribution < -0.4 is 5.32 Å². The number of halogens is 2. The minimum Gasteiger partial charge on any atom is -0.383 e. The lowest BCUT2D eigenvalue weighted by molar-refractivity contribution is 0.711. The molecule has 2 aromatic rings. The molecular formula is C13H15Cl2N3. The number of benzene rings is 1. The van der Waals surface area contributed by atoms with E-state index < -0.39 is 0 Å². The van der Waals surface area contributed by atoms with Gasteiger partial charge in [0.15, 0.2) is 0 Å². The molecule has 0 aliphatic heterocycles. The molecule has 96 valence electrons.